The van der Waals surface area contributed by atoms with Crippen LogP contribution in [0.25, 0.3) is 109 Å². The van der Waals surface area contributed by atoms with Gasteiger partial charge in [0.1, 0.15) is 0 Å². The molecule has 0 aliphatic heterocycles. The molecule has 54 heavy (non-hydrogen) atoms. The van der Waals surface area contributed by atoms with Crippen LogP contribution in [-0.4, -0.2) is 0 Å². The summed E-state index contributed by atoms with van der Waals surface area (Å²) in [6.45, 7) is 0. The first kappa shape index (κ1) is 30.6. The molecule has 0 spiro atoms. The fourth-order valence-electron chi connectivity index (χ4n) is 8.89. The van der Waals surface area contributed by atoms with E-state index in [0.717, 1.165) is 0 Å². The zero-order chi connectivity index (χ0) is 35.6. The van der Waals surface area contributed by atoms with E-state index in [1.165, 1.54) is 109 Å². The highest BCUT2D eigenvalue weighted by Gasteiger charge is 2.21. The normalized spacial score (nSPS) is 11.7. The Morgan fingerprint density at radius 1 is 0.185 bits per heavy atom. The van der Waals surface area contributed by atoms with Crippen LogP contribution in [0.3, 0.4) is 0 Å². The van der Waals surface area contributed by atoms with Crippen LogP contribution < -0.4 is 0 Å². The monoisotopic (exact) mass is 682 g/mol. The van der Waals surface area contributed by atoms with Crippen LogP contribution in [0.5, 0.6) is 0 Å². The zero-order valence-electron chi connectivity index (χ0n) is 29.6. The van der Waals surface area contributed by atoms with E-state index in [0.29, 0.717) is 0 Å². The summed E-state index contributed by atoms with van der Waals surface area (Å²) in [5.74, 6) is 0. The van der Waals surface area contributed by atoms with Gasteiger partial charge < -0.3 is 0 Å². The highest BCUT2D eigenvalue weighted by molar-refractivity contribution is 6.24. The first-order valence-electron chi connectivity index (χ1n) is 18.8. The van der Waals surface area contributed by atoms with Crippen molar-refractivity contribution >= 4 is 64.6 Å². The summed E-state index contributed by atoms with van der Waals surface area (Å²) in [4.78, 5) is 0. The van der Waals surface area contributed by atoms with E-state index in [1.54, 1.807) is 0 Å². The average Bonchev–Trinajstić information content (AvgIpc) is 3.24. The Morgan fingerprint density at radius 3 is 1.37 bits per heavy atom. The largest absolute Gasteiger partial charge is 0.0616 e. The number of benzene rings is 11. The van der Waals surface area contributed by atoms with Crippen LogP contribution in [0.4, 0.5) is 0 Å². The second-order valence-electron chi connectivity index (χ2n) is 14.4. The molecule has 0 radical (unpaired) electrons. The van der Waals surface area contributed by atoms with Gasteiger partial charge in [-0.3, -0.25) is 0 Å². The molecule has 11 rings (SSSR count). The molecule has 0 unspecified atom stereocenters. The average molecular weight is 683 g/mol. The molecule has 0 nitrogen and oxygen atoms in total. The quantitative estimate of drug-likeness (QED) is 0.128. The summed E-state index contributed by atoms with van der Waals surface area (Å²) < 4.78 is 0. The lowest BCUT2D eigenvalue weighted by Gasteiger charge is -2.21. The molecule has 0 heterocycles. The molecule has 0 aliphatic rings. The number of rotatable bonds is 4. The molecule has 250 valence electrons. The lowest BCUT2D eigenvalue weighted by atomic mass is 9.82. The summed E-state index contributed by atoms with van der Waals surface area (Å²) >= 11 is 0. The van der Waals surface area contributed by atoms with Gasteiger partial charge in [0.15, 0.2) is 0 Å². The second-order valence-corrected chi connectivity index (χ2v) is 14.4. The van der Waals surface area contributed by atoms with Crippen LogP contribution in [0.2, 0.25) is 0 Å². The molecule has 0 bridgehead atoms. The molecule has 11 aromatic rings. The number of hydrogen-bond donors (Lipinski definition) is 0. The van der Waals surface area contributed by atoms with Crippen molar-refractivity contribution < 1.29 is 0 Å². The maximum Gasteiger partial charge on any atom is -0.00201 e. The van der Waals surface area contributed by atoms with Crippen LogP contribution in [0, 0.1) is 0 Å². The predicted octanol–water partition coefficient (Wildman–Crippen LogP) is 15.3. The molecule has 0 aromatic heterocycles. The van der Waals surface area contributed by atoms with E-state index in [-0.39, 0.29) is 0 Å². The maximum atomic E-state index is 2.44. The third-order valence-electron chi connectivity index (χ3n) is 11.4. The first-order chi connectivity index (χ1) is 26.8. The molecular formula is C54H34. The number of hydrogen-bond acceptors (Lipinski definition) is 0. The van der Waals surface area contributed by atoms with Crippen LogP contribution >= 0.6 is 0 Å². The van der Waals surface area contributed by atoms with E-state index < -0.39 is 0 Å². The van der Waals surface area contributed by atoms with E-state index >= 15 is 0 Å². The van der Waals surface area contributed by atoms with Crippen LogP contribution in [-0.2, 0) is 0 Å². The van der Waals surface area contributed by atoms with Crippen molar-refractivity contribution in [1.82, 2.24) is 0 Å². The van der Waals surface area contributed by atoms with Gasteiger partial charge in [0.05, 0.1) is 0 Å². The van der Waals surface area contributed by atoms with Crippen molar-refractivity contribution in [3.63, 3.8) is 0 Å². The molecule has 0 atom stereocenters. The molecule has 0 saturated heterocycles. The van der Waals surface area contributed by atoms with Gasteiger partial charge in [-0.1, -0.05) is 182 Å². The second kappa shape index (κ2) is 12.3. The van der Waals surface area contributed by atoms with Crippen LogP contribution in [0.15, 0.2) is 206 Å². The smallest absolute Gasteiger partial charge is 0.00201 e. The van der Waals surface area contributed by atoms with Gasteiger partial charge >= 0.3 is 0 Å². The van der Waals surface area contributed by atoms with Gasteiger partial charge in [-0.2, -0.15) is 0 Å². The standard InChI is InChI=1S/C54H34/c1-3-15-37-31-39(27-25-35(37)13-1)40-29-30-50-52(33-40)53(42-28-26-36-14-2-4-16-38(36)32-42)48-23-11-12-24-49(48)54(50)47-22-10-9-21-46(47)51-34-41-17-5-6-18-43(41)44-19-7-8-20-45(44)51/h1-34H. The van der Waals surface area contributed by atoms with Crippen molar-refractivity contribution in [3.8, 4) is 44.5 Å². The maximum absolute atomic E-state index is 2.44. The number of fused-ring (bicyclic) bond motifs is 7. The predicted molar refractivity (Wildman–Crippen MR) is 233 cm³/mol. The van der Waals surface area contributed by atoms with Crippen molar-refractivity contribution in [2.75, 3.05) is 0 Å². The summed E-state index contributed by atoms with van der Waals surface area (Å²) in [7, 11) is 0. The molecular weight excluding hydrogens is 649 g/mol. The zero-order valence-corrected chi connectivity index (χ0v) is 29.6. The lowest BCUT2D eigenvalue weighted by molar-refractivity contribution is 1.63. The van der Waals surface area contributed by atoms with Crippen molar-refractivity contribution in [2.24, 2.45) is 0 Å². The molecule has 0 saturated carbocycles. The SMILES string of the molecule is c1ccc(-c2cc3ccccc3c3ccccc23)c(-c2c3ccccc3c(-c3ccc4ccccc4c3)c3cc(-c4ccc5ccccc5c4)ccc23)c1. The highest BCUT2D eigenvalue weighted by atomic mass is 14.2. The molecule has 0 heteroatoms. The Balaban J connectivity index is 1.25. The van der Waals surface area contributed by atoms with Crippen molar-refractivity contribution in [2.45, 2.75) is 0 Å². The fourth-order valence-corrected chi connectivity index (χ4v) is 8.89. The van der Waals surface area contributed by atoms with Crippen LogP contribution in [0.1, 0.15) is 0 Å². The Kier molecular flexibility index (Phi) is 6.97. The molecule has 11 aromatic carbocycles. The minimum Gasteiger partial charge on any atom is -0.0616 e. The van der Waals surface area contributed by atoms with E-state index in [2.05, 4.69) is 206 Å². The van der Waals surface area contributed by atoms with E-state index in [9.17, 15) is 0 Å². The van der Waals surface area contributed by atoms with Crippen molar-refractivity contribution in [3.05, 3.63) is 206 Å². The Bertz CT molecular complexity index is 3270. The van der Waals surface area contributed by atoms with E-state index in [4.69, 9.17) is 0 Å². The Morgan fingerprint density at radius 2 is 0.648 bits per heavy atom. The highest BCUT2D eigenvalue weighted by Crippen LogP contribution is 2.48. The lowest BCUT2D eigenvalue weighted by Crippen LogP contribution is -1.94. The minimum atomic E-state index is 1.21. The Hall–Kier alpha value is -7.02. The fraction of sp³-hybridized carbons (Fsp3) is 0. The summed E-state index contributed by atoms with van der Waals surface area (Å²) in [6, 6.07) is 76.3. The molecule has 0 aliphatic carbocycles. The Labute approximate surface area is 314 Å². The van der Waals surface area contributed by atoms with E-state index in [1.807, 2.05) is 0 Å². The third-order valence-corrected chi connectivity index (χ3v) is 11.4. The van der Waals surface area contributed by atoms with Gasteiger partial charge in [0.25, 0.3) is 0 Å². The molecule has 0 fully saturated rings. The van der Waals surface area contributed by atoms with Crippen molar-refractivity contribution in [1.29, 1.82) is 0 Å². The van der Waals surface area contributed by atoms with Gasteiger partial charge in [0, 0.05) is 0 Å². The summed E-state index contributed by atoms with van der Waals surface area (Å²) in [6.07, 6.45) is 0. The van der Waals surface area contributed by atoms with Gasteiger partial charge in [-0.05, 0) is 133 Å². The van der Waals surface area contributed by atoms with Gasteiger partial charge in [-0.25, -0.2) is 0 Å². The summed E-state index contributed by atoms with van der Waals surface area (Å²) in [5, 5.41) is 15.1. The summed E-state index contributed by atoms with van der Waals surface area (Å²) in [5.41, 5.74) is 9.93. The van der Waals surface area contributed by atoms with Gasteiger partial charge in [0.2, 0.25) is 0 Å². The first-order valence-corrected chi connectivity index (χ1v) is 18.8. The molecule has 0 amide bonds. The molecule has 0 N–H and O–H groups in total. The third kappa shape index (κ3) is 4.85. The minimum absolute atomic E-state index is 1.21. The van der Waals surface area contributed by atoms with Gasteiger partial charge in [-0.15, -0.1) is 0 Å². The topological polar surface area (TPSA) is 0 Å².